The van der Waals surface area contributed by atoms with Crippen molar-refractivity contribution in [3.8, 4) is 0 Å². The van der Waals surface area contributed by atoms with Crippen molar-refractivity contribution in [2.24, 2.45) is 0 Å². The number of rotatable bonds is 63. The average molecular weight is 1120 g/mol. The molecule has 0 spiro atoms. The first-order chi connectivity index (χ1) is 38.6. The van der Waals surface area contributed by atoms with E-state index in [0.29, 0.717) is 32.7 Å². The largest absolute Gasteiger partial charge is 0.392 e. The summed E-state index contributed by atoms with van der Waals surface area (Å²) in [7, 11) is 0. The Balaban J connectivity index is 2.93. The zero-order chi connectivity index (χ0) is 57.5. The first kappa shape index (κ1) is 76.6. The Labute approximate surface area is 493 Å². The third-order valence-corrected chi connectivity index (χ3v) is 17.7. The molecule has 0 amide bonds. The second-order valence-electron chi connectivity index (χ2n) is 25.7. The lowest BCUT2D eigenvalue weighted by Gasteiger charge is -2.37. The topological polar surface area (TPSA) is 117 Å². The van der Waals surface area contributed by atoms with Gasteiger partial charge >= 0.3 is 0 Å². The Morgan fingerprint density at radius 1 is 0.241 bits per heavy atom. The predicted molar refractivity (Wildman–Crippen MR) is 344 cm³/mol. The van der Waals surface area contributed by atoms with Crippen molar-refractivity contribution in [3.05, 3.63) is 0 Å². The van der Waals surface area contributed by atoms with E-state index >= 15 is 0 Å². The van der Waals surface area contributed by atoms with Gasteiger partial charge in [0.05, 0.1) is 30.5 Å². The van der Waals surface area contributed by atoms with Crippen molar-refractivity contribution in [1.29, 1.82) is 0 Å². The molecule has 1 saturated heterocycles. The minimum absolute atomic E-state index is 0.342. The van der Waals surface area contributed by atoms with Gasteiger partial charge in [-0.2, -0.15) is 0 Å². The van der Waals surface area contributed by atoms with E-state index in [1.807, 2.05) is 0 Å². The van der Waals surface area contributed by atoms with Crippen molar-refractivity contribution in [3.63, 3.8) is 0 Å². The smallest absolute Gasteiger partial charge is 0.0667 e. The summed E-state index contributed by atoms with van der Waals surface area (Å²) in [6, 6.07) is 0. The molecule has 79 heavy (non-hydrogen) atoms. The van der Waals surface area contributed by atoms with Crippen LogP contribution in [0.15, 0.2) is 0 Å². The first-order valence-electron chi connectivity index (χ1n) is 35.7. The van der Waals surface area contributed by atoms with Crippen LogP contribution in [0.25, 0.3) is 0 Å². The average Bonchev–Trinajstić information content (AvgIpc) is 3.43. The maximum absolute atomic E-state index is 11.5. The minimum Gasteiger partial charge on any atom is -0.392 e. The zero-order valence-electron chi connectivity index (χ0n) is 54.1. The van der Waals surface area contributed by atoms with E-state index in [2.05, 4.69) is 59.1 Å². The van der Waals surface area contributed by atoms with Crippen LogP contribution in [-0.2, 0) is 0 Å². The van der Waals surface area contributed by atoms with E-state index in [-0.39, 0.29) is 30.5 Å². The van der Waals surface area contributed by atoms with Crippen molar-refractivity contribution in [2.45, 2.75) is 348 Å². The summed E-state index contributed by atoms with van der Waals surface area (Å²) in [5, 5.41) is 56.9. The molecule has 5 atom stereocenters. The summed E-state index contributed by atoms with van der Waals surface area (Å²) in [6.45, 7) is 24.0. The molecule has 5 N–H and O–H groups in total. The summed E-state index contributed by atoms with van der Waals surface area (Å²) in [6.07, 6.45) is 51.8. The van der Waals surface area contributed by atoms with E-state index in [9.17, 15) is 25.5 Å². The van der Waals surface area contributed by atoms with Gasteiger partial charge < -0.3 is 25.5 Å². The maximum atomic E-state index is 11.5. The standard InChI is InChI=1S/C69H143N5O5/c1-6-11-16-21-26-31-36-41-46-66(76)61-73(62-67(77)47-42-37-32-27-22-17-12-7-2)58-55-71-52-50-70(51-53-71)54-56-72(60-65(75)45-40-35-30-25-20-15-10-5)57-59-74(63-68(78)48-43-38-33-28-23-18-13-8-3)64-69(79)49-44-39-34-29-24-19-14-9-4/h65-69,75-79H,6-64H2,1-5H3. The molecule has 1 fully saturated rings. The summed E-state index contributed by atoms with van der Waals surface area (Å²) in [5.41, 5.74) is 0. The molecule has 10 nitrogen and oxygen atoms in total. The molecule has 5 unspecified atom stereocenters. The number of aliphatic hydroxyl groups is 5. The lowest BCUT2D eigenvalue weighted by molar-refractivity contribution is 0.0419. The molecule has 0 radical (unpaired) electrons. The van der Waals surface area contributed by atoms with Gasteiger partial charge in [-0.1, -0.05) is 285 Å². The van der Waals surface area contributed by atoms with Crippen molar-refractivity contribution < 1.29 is 25.5 Å². The molecular formula is C69H143N5O5. The molecule has 10 heteroatoms. The minimum atomic E-state index is -0.385. The summed E-state index contributed by atoms with van der Waals surface area (Å²) < 4.78 is 0. The molecule has 474 valence electrons. The summed E-state index contributed by atoms with van der Waals surface area (Å²) in [5.74, 6) is 0. The monoisotopic (exact) mass is 1120 g/mol. The van der Waals surface area contributed by atoms with Crippen molar-refractivity contribution in [1.82, 2.24) is 24.5 Å². The highest BCUT2D eigenvalue weighted by atomic mass is 16.3. The molecule has 0 aromatic rings. The van der Waals surface area contributed by atoms with Gasteiger partial charge in [-0.05, 0) is 32.1 Å². The molecule has 0 aliphatic carbocycles. The van der Waals surface area contributed by atoms with E-state index in [4.69, 9.17) is 0 Å². The van der Waals surface area contributed by atoms with Crippen LogP contribution in [0.1, 0.15) is 317 Å². The molecule has 0 aromatic carbocycles. The quantitative estimate of drug-likeness (QED) is 0.0377. The number of unbranched alkanes of at least 4 members (excludes halogenated alkanes) is 34. The molecule has 0 saturated carbocycles. The van der Waals surface area contributed by atoms with Crippen LogP contribution in [0.3, 0.4) is 0 Å². The van der Waals surface area contributed by atoms with Gasteiger partial charge in [0.15, 0.2) is 0 Å². The molecule has 1 aliphatic rings. The Morgan fingerprint density at radius 2 is 0.418 bits per heavy atom. The van der Waals surface area contributed by atoms with E-state index in [1.165, 1.54) is 218 Å². The van der Waals surface area contributed by atoms with Gasteiger partial charge in [0.2, 0.25) is 0 Å². The zero-order valence-corrected chi connectivity index (χ0v) is 54.1. The summed E-state index contributed by atoms with van der Waals surface area (Å²) >= 11 is 0. The maximum Gasteiger partial charge on any atom is 0.0667 e. The molecule has 1 heterocycles. The van der Waals surface area contributed by atoms with Crippen LogP contribution >= 0.6 is 0 Å². The molecule has 1 rings (SSSR count). The second kappa shape index (κ2) is 58.0. The van der Waals surface area contributed by atoms with Gasteiger partial charge in [0.25, 0.3) is 0 Å². The number of hydrogen-bond acceptors (Lipinski definition) is 10. The Bertz CT molecular complexity index is 1140. The van der Waals surface area contributed by atoms with Gasteiger partial charge in [-0.3, -0.25) is 24.5 Å². The normalized spacial score (nSPS) is 15.8. The fourth-order valence-corrected chi connectivity index (χ4v) is 12.2. The Hall–Kier alpha value is -0.400. The van der Waals surface area contributed by atoms with E-state index < -0.39 is 0 Å². The molecule has 1 aliphatic heterocycles. The third-order valence-electron chi connectivity index (χ3n) is 17.7. The SMILES string of the molecule is CCCCCCCCCCC(O)CN(CCN1CCN(CCN(CCN(CC(O)CCCCCCCCCC)CC(O)CCCCCCCCCC)CC(O)CCCCCCCCC)CC1)CC(O)CCCCCCCCCC. The highest BCUT2D eigenvalue weighted by Gasteiger charge is 2.23. The predicted octanol–water partition coefficient (Wildman–Crippen LogP) is 15.6. The highest BCUT2D eigenvalue weighted by molar-refractivity contribution is 4.79. The van der Waals surface area contributed by atoms with Crippen LogP contribution in [0, 0.1) is 0 Å². The number of nitrogens with zero attached hydrogens (tertiary/aromatic N) is 5. The van der Waals surface area contributed by atoms with Gasteiger partial charge in [0, 0.05) is 98.2 Å². The molecule has 0 bridgehead atoms. The van der Waals surface area contributed by atoms with Crippen LogP contribution in [-0.4, -0.2) is 179 Å². The van der Waals surface area contributed by atoms with Gasteiger partial charge in [-0.15, -0.1) is 0 Å². The van der Waals surface area contributed by atoms with E-state index in [0.717, 1.165) is 130 Å². The fraction of sp³-hybridized carbons (Fsp3) is 1.00. The summed E-state index contributed by atoms with van der Waals surface area (Å²) in [4.78, 5) is 12.4. The molecular weight excluding hydrogens is 979 g/mol. The van der Waals surface area contributed by atoms with Crippen LogP contribution in [0.4, 0.5) is 0 Å². The first-order valence-corrected chi connectivity index (χ1v) is 35.7. The van der Waals surface area contributed by atoms with Crippen molar-refractivity contribution in [2.75, 3.05) is 98.2 Å². The number of aliphatic hydroxyl groups excluding tert-OH is 5. The van der Waals surface area contributed by atoms with Gasteiger partial charge in [-0.25, -0.2) is 0 Å². The fourth-order valence-electron chi connectivity index (χ4n) is 12.2. The van der Waals surface area contributed by atoms with Crippen molar-refractivity contribution >= 4 is 0 Å². The van der Waals surface area contributed by atoms with Crippen LogP contribution in [0.5, 0.6) is 0 Å². The number of piperazine rings is 1. The third kappa shape index (κ3) is 50.6. The van der Waals surface area contributed by atoms with Crippen LogP contribution < -0.4 is 0 Å². The lowest BCUT2D eigenvalue weighted by Crippen LogP contribution is -2.51. The lowest BCUT2D eigenvalue weighted by atomic mass is 10.0. The molecule has 0 aromatic heterocycles. The van der Waals surface area contributed by atoms with E-state index in [1.54, 1.807) is 0 Å². The highest BCUT2D eigenvalue weighted by Crippen LogP contribution is 2.18. The van der Waals surface area contributed by atoms with Crippen LogP contribution in [0.2, 0.25) is 0 Å². The Kier molecular flexibility index (Phi) is 56.3. The number of hydrogen-bond donors (Lipinski definition) is 5. The van der Waals surface area contributed by atoms with Gasteiger partial charge in [0.1, 0.15) is 0 Å². The Morgan fingerprint density at radius 3 is 0.658 bits per heavy atom. The second-order valence-corrected chi connectivity index (χ2v) is 25.7.